The molecule has 132 valence electrons. The summed E-state index contributed by atoms with van der Waals surface area (Å²) >= 11 is 5.84. The van der Waals surface area contributed by atoms with E-state index in [2.05, 4.69) is 20.0 Å². The number of piperidine rings is 1. The van der Waals surface area contributed by atoms with Crippen molar-refractivity contribution in [3.05, 3.63) is 34.9 Å². The Morgan fingerprint density at radius 2 is 1.92 bits per heavy atom. The largest absolute Gasteiger partial charge is 0.360 e. The van der Waals surface area contributed by atoms with Gasteiger partial charge in [-0.15, -0.1) is 0 Å². The fourth-order valence-corrected chi connectivity index (χ4v) is 3.32. The van der Waals surface area contributed by atoms with Crippen LogP contribution in [0.1, 0.15) is 47.8 Å². The van der Waals surface area contributed by atoms with Crippen LogP contribution in [-0.4, -0.2) is 52.1 Å². The van der Waals surface area contributed by atoms with Gasteiger partial charge in [0.25, 0.3) is 5.91 Å². The molecule has 2 aromatic heterocycles. The van der Waals surface area contributed by atoms with E-state index in [1.807, 2.05) is 11.9 Å². The van der Waals surface area contributed by atoms with Crippen molar-refractivity contribution in [3.63, 3.8) is 0 Å². The Balaban J connectivity index is 1.35. The van der Waals surface area contributed by atoms with E-state index in [0.717, 1.165) is 31.4 Å². The van der Waals surface area contributed by atoms with Gasteiger partial charge in [0.2, 0.25) is 5.95 Å². The molecule has 4 rings (SSSR count). The Hall–Kier alpha value is -2.15. The molecule has 0 aromatic carbocycles. The maximum absolute atomic E-state index is 12.6. The molecular weight excluding hydrogens is 342 g/mol. The maximum Gasteiger partial charge on any atom is 0.276 e. The molecule has 1 saturated heterocycles. The second-order valence-electron chi connectivity index (χ2n) is 6.72. The van der Waals surface area contributed by atoms with Gasteiger partial charge >= 0.3 is 0 Å². The molecule has 0 atom stereocenters. The molecule has 0 bridgehead atoms. The van der Waals surface area contributed by atoms with Gasteiger partial charge in [-0.2, -0.15) is 0 Å². The van der Waals surface area contributed by atoms with Crippen LogP contribution in [0.2, 0.25) is 5.02 Å². The van der Waals surface area contributed by atoms with E-state index in [9.17, 15) is 4.79 Å². The molecule has 7 nitrogen and oxygen atoms in total. The summed E-state index contributed by atoms with van der Waals surface area (Å²) in [7, 11) is 1.98. The Morgan fingerprint density at radius 1 is 1.24 bits per heavy atom. The highest BCUT2D eigenvalue weighted by Crippen LogP contribution is 2.40. The second kappa shape index (κ2) is 6.63. The van der Waals surface area contributed by atoms with Gasteiger partial charge in [0.1, 0.15) is 5.76 Å². The summed E-state index contributed by atoms with van der Waals surface area (Å²) in [5.74, 6) is 1.92. The van der Waals surface area contributed by atoms with Gasteiger partial charge in [0.05, 0.1) is 17.4 Å². The number of hydrogen-bond acceptors (Lipinski definition) is 6. The predicted octanol–water partition coefficient (Wildman–Crippen LogP) is 2.74. The quantitative estimate of drug-likeness (QED) is 0.833. The van der Waals surface area contributed by atoms with E-state index < -0.39 is 0 Å². The van der Waals surface area contributed by atoms with Gasteiger partial charge in [-0.1, -0.05) is 16.8 Å². The smallest absolute Gasteiger partial charge is 0.276 e. The number of likely N-dealkylation sites (tertiary alicyclic amines) is 1. The number of halogens is 1. The SMILES string of the molecule is CN(c1ncc(Cl)cn1)C1CCN(C(=O)c2cc(C3CC3)on2)CC1. The van der Waals surface area contributed by atoms with Crippen LogP contribution in [-0.2, 0) is 0 Å². The Bertz CT molecular complexity index is 751. The van der Waals surface area contributed by atoms with E-state index >= 15 is 0 Å². The molecule has 2 aliphatic rings. The van der Waals surface area contributed by atoms with E-state index in [0.29, 0.717) is 41.7 Å². The highest BCUT2D eigenvalue weighted by Gasteiger charge is 2.31. The standard InChI is InChI=1S/C17H20ClN5O2/c1-22(17-19-9-12(18)10-20-17)13-4-6-23(7-5-13)16(24)14-8-15(25-21-14)11-2-3-11/h8-11,13H,2-7H2,1H3. The van der Waals surface area contributed by atoms with Gasteiger partial charge < -0.3 is 14.3 Å². The summed E-state index contributed by atoms with van der Waals surface area (Å²) in [5.41, 5.74) is 0.426. The molecule has 0 radical (unpaired) electrons. The van der Waals surface area contributed by atoms with Gasteiger partial charge in [-0.25, -0.2) is 9.97 Å². The Morgan fingerprint density at radius 3 is 2.56 bits per heavy atom. The summed E-state index contributed by atoms with van der Waals surface area (Å²) in [6, 6.07) is 2.10. The van der Waals surface area contributed by atoms with Crippen molar-refractivity contribution in [2.24, 2.45) is 0 Å². The highest BCUT2D eigenvalue weighted by molar-refractivity contribution is 6.30. The number of amides is 1. The molecule has 2 fully saturated rings. The van der Waals surface area contributed by atoms with Crippen LogP contribution in [0, 0.1) is 0 Å². The lowest BCUT2D eigenvalue weighted by atomic mass is 10.0. The van der Waals surface area contributed by atoms with E-state index in [-0.39, 0.29) is 5.91 Å². The third-order valence-electron chi connectivity index (χ3n) is 4.95. The van der Waals surface area contributed by atoms with Crippen molar-refractivity contribution in [2.45, 2.75) is 37.6 Å². The number of aromatic nitrogens is 3. The molecule has 3 heterocycles. The number of carbonyl (C=O) groups is 1. The molecule has 8 heteroatoms. The topological polar surface area (TPSA) is 75.4 Å². The average molecular weight is 362 g/mol. The fourth-order valence-electron chi connectivity index (χ4n) is 3.22. The van der Waals surface area contributed by atoms with Crippen LogP contribution in [0.15, 0.2) is 23.0 Å². The van der Waals surface area contributed by atoms with E-state index in [1.54, 1.807) is 18.5 Å². The minimum atomic E-state index is -0.0421. The monoisotopic (exact) mass is 361 g/mol. The summed E-state index contributed by atoms with van der Waals surface area (Å²) < 4.78 is 5.29. The first-order valence-electron chi connectivity index (χ1n) is 8.58. The van der Waals surface area contributed by atoms with Gasteiger partial charge in [0, 0.05) is 38.2 Å². The first kappa shape index (κ1) is 16.3. The van der Waals surface area contributed by atoms with Crippen molar-refractivity contribution in [1.82, 2.24) is 20.0 Å². The summed E-state index contributed by atoms with van der Waals surface area (Å²) in [4.78, 5) is 25.0. The van der Waals surface area contributed by atoms with E-state index in [4.69, 9.17) is 16.1 Å². The zero-order chi connectivity index (χ0) is 17.4. The van der Waals surface area contributed by atoms with Crippen LogP contribution in [0.3, 0.4) is 0 Å². The van der Waals surface area contributed by atoms with Crippen molar-refractivity contribution in [3.8, 4) is 0 Å². The number of hydrogen-bond donors (Lipinski definition) is 0. The summed E-state index contributed by atoms with van der Waals surface area (Å²) in [6.07, 6.45) is 7.19. The van der Waals surface area contributed by atoms with Crippen molar-refractivity contribution in [2.75, 3.05) is 25.0 Å². The lowest BCUT2D eigenvalue weighted by Gasteiger charge is -2.36. The number of anilines is 1. The van der Waals surface area contributed by atoms with Crippen LogP contribution in [0.4, 0.5) is 5.95 Å². The molecule has 0 N–H and O–H groups in total. The zero-order valence-electron chi connectivity index (χ0n) is 14.1. The lowest BCUT2D eigenvalue weighted by Crippen LogP contribution is -2.46. The molecule has 1 amide bonds. The lowest BCUT2D eigenvalue weighted by molar-refractivity contribution is 0.0702. The first-order chi connectivity index (χ1) is 12.1. The van der Waals surface area contributed by atoms with Crippen molar-refractivity contribution in [1.29, 1.82) is 0 Å². The molecule has 0 spiro atoms. The third kappa shape index (κ3) is 3.46. The van der Waals surface area contributed by atoms with Gasteiger partial charge in [-0.3, -0.25) is 4.79 Å². The van der Waals surface area contributed by atoms with E-state index in [1.165, 1.54) is 0 Å². The average Bonchev–Trinajstić information content (AvgIpc) is 3.38. The van der Waals surface area contributed by atoms with Gasteiger partial charge in [-0.05, 0) is 25.7 Å². The van der Waals surface area contributed by atoms with Crippen molar-refractivity contribution >= 4 is 23.5 Å². The molecule has 1 aliphatic heterocycles. The number of rotatable bonds is 4. The first-order valence-corrected chi connectivity index (χ1v) is 8.96. The summed E-state index contributed by atoms with van der Waals surface area (Å²) in [5, 5.41) is 4.48. The molecule has 1 saturated carbocycles. The third-order valence-corrected chi connectivity index (χ3v) is 5.14. The number of nitrogens with zero attached hydrogens (tertiary/aromatic N) is 5. The molecule has 1 aliphatic carbocycles. The Kier molecular flexibility index (Phi) is 4.33. The van der Waals surface area contributed by atoms with Crippen LogP contribution < -0.4 is 4.90 Å². The molecule has 2 aromatic rings. The number of carbonyl (C=O) groups excluding carboxylic acids is 1. The van der Waals surface area contributed by atoms with Gasteiger partial charge in [0.15, 0.2) is 5.69 Å². The zero-order valence-corrected chi connectivity index (χ0v) is 14.8. The molecule has 0 unspecified atom stereocenters. The normalized spacial score (nSPS) is 18.4. The van der Waals surface area contributed by atoms with Crippen molar-refractivity contribution < 1.29 is 9.32 Å². The molecule has 25 heavy (non-hydrogen) atoms. The second-order valence-corrected chi connectivity index (χ2v) is 7.16. The highest BCUT2D eigenvalue weighted by atomic mass is 35.5. The predicted molar refractivity (Wildman–Crippen MR) is 92.8 cm³/mol. The molecular formula is C17H20ClN5O2. The maximum atomic E-state index is 12.6. The van der Waals surface area contributed by atoms with Crippen LogP contribution in [0.25, 0.3) is 0 Å². The Labute approximate surface area is 151 Å². The van der Waals surface area contributed by atoms with Crippen LogP contribution >= 0.6 is 11.6 Å². The van der Waals surface area contributed by atoms with Crippen LogP contribution in [0.5, 0.6) is 0 Å². The minimum Gasteiger partial charge on any atom is -0.360 e. The summed E-state index contributed by atoms with van der Waals surface area (Å²) in [6.45, 7) is 1.38. The fraction of sp³-hybridized carbons (Fsp3) is 0.529. The minimum absolute atomic E-state index is 0.0421.